The van der Waals surface area contributed by atoms with E-state index in [0.29, 0.717) is 18.9 Å². The molecule has 1 aliphatic carbocycles. The van der Waals surface area contributed by atoms with Gasteiger partial charge in [-0.05, 0) is 31.7 Å². The first-order valence-electron chi connectivity index (χ1n) is 7.78. The van der Waals surface area contributed by atoms with Crippen molar-refractivity contribution in [2.45, 2.75) is 44.6 Å². The summed E-state index contributed by atoms with van der Waals surface area (Å²) in [6.07, 6.45) is 7.29. The summed E-state index contributed by atoms with van der Waals surface area (Å²) in [6.45, 7) is 3.51. The maximum atomic E-state index is 11.5. The van der Waals surface area contributed by atoms with Crippen LogP contribution in [-0.4, -0.2) is 61.8 Å². The number of carbonyl (C=O) groups excluding carboxylic acids is 1. The second kappa shape index (κ2) is 10.6. The third-order valence-corrected chi connectivity index (χ3v) is 4.28. The predicted molar refractivity (Wildman–Crippen MR) is 80.1 cm³/mol. The zero-order valence-corrected chi connectivity index (χ0v) is 12.9. The number of rotatable bonds is 6. The van der Waals surface area contributed by atoms with Crippen LogP contribution in [0.1, 0.15) is 38.5 Å². The van der Waals surface area contributed by atoms with Crippen LogP contribution in [0.3, 0.4) is 0 Å². The Bertz CT molecular complexity index is 306. The highest BCUT2D eigenvalue weighted by Crippen LogP contribution is 2.28. The molecule has 1 unspecified atom stereocenters. The first-order chi connectivity index (χ1) is 10.2. The number of likely N-dealkylation sites (tertiary alicyclic amines) is 1. The molecule has 2 aliphatic rings. The lowest BCUT2D eigenvalue weighted by molar-refractivity contribution is -0.123. The van der Waals surface area contributed by atoms with Crippen LogP contribution in [0.15, 0.2) is 0 Å². The number of amides is 1. The Balaban J connectivity index is 0.000000677. The zero-order chi connectivity index (χ0) is 15.5. The van der Waals surface area contributed by atoms with Crippen LogP contribution in [-0.2, 0) is 14.3 Å². The molecule has 2 N–H and O–H groups in total. The summed E-state index contributed by atoms with van der Waals surface area (Å²) < 4.78 is 4.90. The molecule has 0 aromatic rings. The Morgan fingerprint density at radius 3 is 2.67 bits per heavy atom. The standard InChI is InChI=1S/C14H26N2O2.CH2O2/c1-18-9-7-14(17)15-10-12-6-8-16(11-12)13-4-2-3-5-13;2-1-3/h12-13H,2-11H2,1H3,(H,15,17);1H,(H,2,3). The fraction of sp³-hybridized carbons (Fsp3) is 0.867. The minimum Gasteiger partial charge on any atom is -0.483 e. The summed E-state index contributed by atoms with van der Waals surface area (Å²) in [5, 5.41) is 9.91. The molecule has 122 valence electrons. The molecule has 0 aromatic heterocycles. The summed E-state index contributed by atoms with van der Waals surface area (Å²) in [5.74, 6) is 0.772. The zero-order valence-electron chi connectivity index (χ0n) is 12.9. The van der Waals surface area contributed by atoms with Gasteiger partial charge in [0, 0.05) is 32.7 Å². The lowest BCUT2D eigenvalue weighted by atomic mass is 10.1. The Morgan fingerprint density at radius 2 is 2.05 bits per heavy atom. The summed E-state index contributed by atoms with van der Waals surface area (Å²) >= 11 is 0. The van der Waals surface area contributed by atoms with Crippen molar-refractivity contribution in [1.29, 1.82) is 0 Å². The third-order valence-electron chi connectivity index (χ3n) is 4.28. The number of carbonyl (C=O) groups is 2. The fourth-order valence-electron chi connectivity index (χ4n) is 3.17. The van der Waals surface area contributed by atoms with Gasteiger partial charge in [-0.15, -0.1) is 0 Å². The van der Waals surface area contributed by atoms with Gasteiger partial charge in [-0.1, -0.05) is 12.8 Å². The number of methoxy groups -OCH3 is 1. The summed E-state index contributed by atoms with van der Waals surface area (Å²) in [5.41, 5.74) is 0. The van der Waals surface area contributed by atoms with Crippen molar-refractivity contribution in [2.75, 3.05) is 33.4 Å². The third kappa shape index (κ3) is 6.91. The van der Waals surface area contributed by atoms with Crippen LogP contribution in [0, 0.1) is 5.92 Å². The smallest absolute Gasteiger partial charge is 0.290 e. The van der Waals surface area contributed by atoms with E-state index < -0.39 is 0 Å². The predicted octanol–water partition coefficient (Wildman–Crippen LogP) is 1.10. The molecule has 1 amide bonds. The van der Waals surface area contributed by atoms with Crippen LogP contribution in [0.5, 0.6) is 0 Å². The van der Waals surface area contributed by atoms with Gasteiger partial charge >= 0.3 is 0 Å². The van der Waals surface area contributed by atoms with Gasteiger partial charge in [0.1, 0.15) is 0 Å². The largest absolute Gasteiger partial charge is 0.483 e. The molecule has 1 atom stereocenters. The van der Waals surface area contributed by atoms with Crippen LogP contribution in [0.2, 0.25) is 0 Å². The van der Waals surface area contributed by atoms with Crippen LogP contribution >= 0.6 is 0 Å². The molecule has 0 bridgehead atoms. The first kappa shape index (κ1) is 17.9. The molecule has 2 rings (SSSR count). The maximum Gasteiger partial charge on any atom is 0.290 e. The van der Waals surface area contributed by atoms with Crippen molar-refractivity contribution >= 4 is 12.4 Å². The maximum absolute atomic E-state index is 11.5. The Labute approximate surface area is 126 Å². The van der Waals surface area contributed by atoms with Crippen molar-refractivity contribution < 1.29 is 19.4 Å². The van der Waals surface area contributed by atoms with E-state index >= 15 is 0 Å². The molecule has 21 heavy (non-hydrogen) atoms. The number of hydrogen-bond acceptors (Lipinski definition) is 4. The number of carboxylic acid groups (broad SMARTS) is 1. The van der Waals surface area contributed by atoms with Gasteiger partial charge in [-0.3, -0.25) is 9.59 Å². The van der Waals surface area contributed by atoms with E-state index in [4.69, 9.17) is 14.6 Å². The lowest BCUT2D eigenvalue weighted by Gasteiger charge is -2.23. The van der Waals surface area contributed by atoms with Crippen molar-refractivity contribution in [3.05, 3.63) is 0 Å². The van der Waals surface area contributed by atoms with E-state index in [-0.39, 0.29) is 12.4 Å². The topological polar surface area (TPSA) is 78.9 Å². The Morgan fingerprint density at radius 1 is 1.38 bits per heavy atom. The molecule has 0 radical (unpaired) electrons. The van der Waals surface area contributed by atoms with Gasteiger partial charge in [0.05, 0.1) is 6.61 Å². The van der Waals surface area contributed by atoms with Gasteiger partial charge in [-0.25, -0.2) is 0 Å². The fourth-order valence-corrected chi connectivity index (χ4v) is 3.17. The average molecular weight is 300 g/mol. The van der Waals surface area contributed by atoms with Gasteiger partial charge in [0.15, 0.2) is 0 Å². The number of nitrogens with zero attached hydrogens (tertiary/aromatic N) is 1. The second-order valence-electron chi connectivity index (χ2n) is 5.74. The number of hydrogen-bond donors (Lipinski definition) is 2. The van der Waals surface area contributed by atoms with E-state index in [1.807, 2.05) is 0 Å². The summed E-state index contributed by atoms with van der Waals surface area (Å²) in [6, 6.07) is 0.833. The highest BCUT2D eigenvalue weighted by molar-refractivity contribution is 5.75. The van der Waals surface area contributed by atoms with Gasteiger partial charge in [-0.2, -0.15) is 0 Å². The molecule has 6 nitrogen and oxygen atoms in total. The van der Waals surface area contributed by atoms with E-state index in [2.05, 4.69) is 10.2 Å². The highest BCUT2D eigenvalue weighted by Gasteiger charge is 2.29. The van der Waals surface area contributed by atoms with Crippen molar-refractivity contribution in [3.8, 4) is 0 Å². The minimum absolute atomic E-state index is 0.121. The number of ether oxygens (including phenoxy) is 1. The van der Waals surface area contributed by atoms with Gasteiger partial charge in [0.2, 0.25) is 5.91 Å². The summed E-state index contributed by atoms with van der Waals surface area (Å²) in [7, 11) is 1.63. The first-order valence-corrected chi connectivity index (χ1v) is 7.78. The lowest BCUT2D eigenvalue weighted by Crippen LogP contribution is -2.34. The molecule has 1 saturated carbocycles. The molecule has 1 aliphatic heterocycles. The quantitative estimate of drug-likeness (QED) is 0.718. The average Bonchev–Trinajstić information content (AvgIpc) is 3.14. The highest BCUT2D eigenvalue weighted by atomic mass is 16.5. The van der Waals surface area contributed by atoms with E-state index in [0.717, 1.165) is 12.6 Å². The normalized spacial score (nSPS) is 22.6. The van der Waals surface area contributed by atoms with Crippen molar-refractivity contribution in [3.63, 3.8) is 0 Å². The molecule has 0 aromatic carbocycles. The van der Waals surface area contributed by atoms with Crippen molar-refractivity contribution in [1.82, 2.24) is 10.2 Å². The molecule has 1 heterocycles. The second-order valence-corrected chi connectivity index (χ2v) is 5.74. The molecular weight excluding hydrogens is 272 g/mol. The summed E-state index contributed by atoms with van der Waals surface area (Å²) in [4.78, 5) is 22.5. The van der Waals surface area contributed by atoms with E-state index in [1.54, 1.807) is 7.11 Å². The number of nitrogens with one attached hydrogen (secondary N) is 1. The van der Waals surface area contributed by atoms with E-state index in [9.17, 15) is 4.79 Å². The Kier molecular flexibility index (Phi) is 9.01. The van der Waals surface area contributed by atoms with Crippen LogP contribution in [0.25, 0.3) is 0 Å². The van der Waals surface area contributed by atoms with Gasteiger partial charge in [0.25, 0.3) is 6.47 Å². The van der Waals surface area contributed by atoms with Gasteiger partial charge < -0.3 is 20.1 Å². The van der Waals surface area contributed by atoms with E-state index in [1.165, 1.54) is 45.2 Å². The van der Waals surface area contributed by atoms with Crippen LogP contribution in [0.4, 0.5) is 0 Å². The van der Waals surface area contributed by atoms with Crippen molar-refractivity contribution in [2.24, 2.45) is 5.92 Å². The monoisotopic (exact) mass is 300 g/mol. The molecule has 6 heteroatoms. The Hall–Kier alpha value is -1.14. The molecule has 2 fully saturated rings. The van der Waals surface area contributed by atoms with Crippen LogP contribution < -0.4 is 5.32 Å². The molecule has 1 saturated heterocycles. The molecular formula is C15H28N2O4. The molecule has 0 spiro atoms. The minimum atomic E-state index is -0.250. The SMILES string of the molecule is COCCC(=O)NCC1CCN(C2CCCC2)C1.O=CO.